The third-order valence-electron chi connectivity index (χ3n) is 5.50. The maximum absolute atomic E-state index is 13.2. The van der Waals surface area contributed by atoms with Crippen molar-refractivity contribution in [1.29, 1.82) is 0 Å². The van der Waals surface area contributed by atoms with Crippen LogP contribution in [-0.4, -0.2) is 58.4 Å². The first kappa shape index (κ1) is 20.9. The maximum atomic E-state index is 13.2. The quantitative estimate of drug-likeness (QED) is 0.372. The minimum Gasteiger partial charge on any atom is -0.326 e. The van der Waals surface area contributed by atoms with Gasteiger partial charge in [0.05, 0.1) is 11.7 Å². The number of benzene rings is 1. The molecule has 1 aliphatic heterocycles. The van der Waals surface area contributed by atoms with E-state index in [2.05, 4.69) is 23.7 Å². The van der Waals surface area contributed by atoms with Crippen LogP contribution in [0.2, 0.25) is 0 Å². The second-order valence-electron chi connectivity index (χ2n) is 7.15. The Morgan fingerprint density at radius 2 is 1.72 bits per heavy atom. The Labute approximate surface area is 171 Å². The van der Waals surface area contributed by atoms with Crippen molar-refractivity contribution in [3.05, 3.63) is 66.0 Å². The third-order valence-corrected chi connectivity index (χ3v) is 5.50. The molecule has 1 amide bonds. The number of carbonyl (C=O) groups is 3. The number of aromatic nitrogens is 1. The molecule has 0 N–H and O–H groups in total. The van der Waals surface area contributed by atoms with Crippen LogP contribution in [0.1, 0.15) is 42.4 Å². The van der Waals surface area contributed by atoms with Gasteiger partial charge in [0.2, 0.25) is 5.78 Å². The summed E-state index contributed by atoms with van der Waals surface area (Å²) in [6.07, 6.45) is 2.36. The number of pyridine rings is 1. The number of carbonyl (C=O) groups excluding carboxylic acids is 3. The van der Waals surface area contributed by atoms with Crippen LogP contribution in [0.25, 0.3) is 0 Å². The van der Waals surface area contributed by atoms with Gasteiger partial charge in [0, 0.05) is 18.3 Å². The van der Waals surface area contributed by atoms with E-state index in [0.717, 1.165) is 26.1 Å². The molecule has 0 bridgehead atoms. The fourth-order valence-corrected chi connectivity index (χ4v) is 3.90. The summed E-state index contributed by atoms with van der Waals surface area (Å²) >= 11 is 0. The van der Waals surface area contributed by atoms with Crippen LogP contribution < -0.4 is 0 Å². The van der Waals surface area contributed by atoms with Crippen LogP contribution in [0.4, 0.5) is 0 Å². The number of ketones is 2. The Balaban J connectivity index is 1.90. The zero-order valence-electron chi connectivity index (χ0n) is 17.0. The summed E-state index contributed by atoms with van der Waals surface area (Å²) in [6.45, 7) is 7.31. The second kappa shape index (κ2) is 9.56. The highest BCUT2D eigenvalue weighted by Crippen LogP contribution is 2.37. The van der Waals surface area contributed by atoms with Gasteiger partial charge in [0.25, 0.3) is 5.91 Å². The van der Waals surface area contributed by atoms with E-state index in [9.17, 15) is 14.4 Å². The van der Waals surface area contributed by atoms with Gasteiger partial charge in [-0.05, 0) is 38.2 Å². The first-order valence-electron chi connectivity index (χ1n) is 10.2. The molecule has 3 rings (SSSR count). The lowest BCUT2D eigenvalue weighted by Crippen LogP contribution is -2.34. The van der Waals surface area contributed by atoms with E-state index in [4.69, 9.17) is 0 Å². The van der Waals surface area contributed by atoms with E-state index in [1.807, 2.05) is 12.1 Å². The predicted octanol–water partition coefficient (Wildman–Crippen LogP) is 2.77. The Morgan fingerprint density at radius 3 is 2.34 bits per heavy atom. The smallest absolute Gasteiger partial charge is 0.291 e. The number of rotatable bonds is 9. The Hall–Kier alpha value is -2.86. The molecule has 0 aliphatic carbocycles. The molecule has 1 aromatic carbocycles. The van der Waals surface area contributed by atoms with Crippen LogP contribution in [0.5, 0.6) is 0 Å². The lowest BCUT2D eigenvalue weighted by atomic mass is 9.88. The van der Waals surface area contributed by atoms with Crippen LogP contribution in [0.15, 0.2) is 54.7 Å². The van der Waals surface area contributed by atoms with E-state index in [0.29, 0.717) is 17.8 Å². The molecule has 2 atom stereocenters. The number of hydrogen-bond acceptors (Lipinski definition) is 5. The standard InChI is InChI=1S/C23H27N3O3/c1-3-25(4-2)15-10-16-26-20(18-13-8-9-14-24-18)19(22(28)23(26)29)21(27)17-11-6-5-7-12-17/h5-9,11-14,19-20H,3-4,10,15-16H2,1-2H3. The first-order valence-corrected chi connectivity index (χ1v) is 10.2. The number of nitrogens with zero attached hydrogens (tertiary/aromatic N) is 3. The Bertz CT molecular complexity index is 850. The van der Waals surface area contributed by atoms with Gasteiger partial charge in [-0.3, -0.25) is 19.4 Å². The topological polar surface area (TPSA) is 70.6 Å². The van der Waals surface area contributed by atoms with Crippen LogP contribution >= 0.6 is 0 Å². The normalized spacial score (nSPS) is 19.2. The van der Waals surface area contributed by atoms with Crippen molar-refractivity contribution < 1.29 is 14.4 Å². The minimum atomic E-state index is -1.06. The molecular weight excluding hydrogens is 366 g/mol. The van der Waals surface area contributed by atoms with Crippen molar-refractivity contribution in [2.45, 2.75) is 26.3 Å². The van der Waals surface area contributed by atoms with Gasteiger partial charge in [-0.1, -0.05) is 50.2 Å². The van der Waals surface area contributed by atoms with Crippen molar-refractivity contribution in [3.8, 4) is 0 Å². The molecule has 29 heavy (non-hydrogen) atoms. The Morgan fingerprint density at radius 1 is 1.03 bits per heavy atom. The molecule has 1 aliphatic rings. The van der Waals surface area contributed by atoms with Crippen molar-refractivity contribution in [3.63, 3.8) is 0 Å². The van der Waals surface area contributed by atoms with E-state index in [1.165, 1.54) is 0 Å². The summed E-state index contributed by atoms with van der Waals surface area (Å²) in [5.41, 5.74) is 1.01. The van der Waals surface area contributed by atoms with Gasteiger partial charge in [-0.2, -0.15) is 0 Å². The summed E-state index contributed by atoms with van der Waals surface area (Å²) in [5, 5.41) is 0. The largest absolute Gasteiger partial charge is 0.326 e. The first-order chi connectivity index (χ1) is 14.1. The van der Waals surface area contributed by atoms with Crippen molar-refractivity contribution in [2.75, 3.05) is 26.2 Å². The highest BCUT2D eigenvalue weighted by molar-refractivity contribution is 6.44. The highest BCUT2D eigenvalue weighted by atomic mass is 16.2. The summed E-state index contributed by atoms with van der Waals surface area (Å²) in [5.74, 6) is -2.62. The zero-order chi connectivity index (χ0) is 20.8. The van der Waals surface area contributed by atoms with Gasteiger partial charge in [-0.25, -0.2) is 0 Å². The average Bonchev–Trinajstić information content (AvgIpc) is 3.02. The van der Waals surface area contributed by atoms with Crippen molar-refractivity contribution >= 4 is 17.5 Å². The van der Waals surface area contributed by atoms with Gasteiger partial charge < -0.3 is 9.80 Å². The minimum absolute atomic E-state index is 0.328. The molecule has 0 spiro atoms. The Kier molecular flexibility index (Phi) is 6.88. The predicted molar refractivity (Wildman–Crippen MR) is 110 cm³/mol. The summed E-state index contributed by atoms with van der Waals surface area (Å²) in [6, 6.07) is 13.4. The molecule has 2 heterocycles. The lowest BCUT2D eigenvalue weighted by molar-refractivity contribution is -0.140. The molecule has 1 aromatic heterocycles. The molecule has 2 aromatic rings. The van der Waals surface area contributed by atoms with Gasteiger partial charge >= 0.3 is 0 Å². The number of likely N-dealkylation sites (tertiary alicyclic amines) is 1. The van der Waals surface area contributed by atoms with Gasteiger partial charge in [0.1, 0.15) is 5.92 Å². The van der Waals surface area contributed by atoms with Gasteiger partial charge in [-0.15, -0.1) is 0 Å². The molecule has 152 valence electrons. The van der Waals surface area contributed by atoms with E-state index < -0.39 is 23.7 Å². The van der Waals surface area contributed by atoms with E-state index >= 15 is 0 Å². The number of hydrogen-bond donors (Lipinski definition) is 0. The molecule has 0 saturated carbocycles. The molecule has 6 nitrogen and oxygen atoms in total. The van der Waals surface area contributed by atoms with Crippen LogP contribution in [0, 0.1) is 5.92 Å². The molecule has 1 saturated heterocycles. The van der Waals surface area contributed by atoms with Crippen molar-refractivity contribution in [2.24, 2.45) is 5.92 Å². The van der Waals surface area contributed by atoms with Crippen LogP contribution in [0.3, 0.4) is 0 Å². The van der Waals surface area contributed by atoms with Crippen LogP contribution in [-0.2, 0) is 9.59 Å². The monoisotopic (exact) mass is 393 g/mol. The van der Waals surface area contributed by atoms with Crippen molar-refractivity contribution in [1.82, 2.24) is 14.8 Å². The molecule has 0 radical (unpaired) electrons. The molecular formula is C23H27N3O3. The number of Topliss-reactive ketones (excluding diaryl/α,β-unsaturated/α-hetero) is 2. The number of amides is 1. The fourth-order valence-electron chi connectivity index (χ4n) is 3.90. The van der Waals surface area contributed by atoms with Gasteiger partial charge in [0.15, 0.2) is 5.78 Å². The third kappa shape index (κ3) is 4.43. The maximum Gasteiger partial charge on any atom is 0.291 e. The summed E-state index contributed by atoms with van der Waals surface area (Å²) in [7, 11) is 0. The fraction of sp³-hybridized carbons (Fsp3) is 0.391. The lowest BCUT2D eigenvalue weighted by Gasteiger charge is -2.27. The van der Waals surface area contributed by atoms with E-state index in [-0.39, 0.29) is 5.78 Å². The SMILES string of the molecule is CCN(CC)CCCN1C(=O)C(=O)C(C(=O)c2ccccc2)C1c1ccccn1. The summed E-state index contributed by atoms with van der Waals surface area (Å²) in [4.78, 5) is 47.1. The molecule has 1 fully saturated rings. The summed E-state index contributed by atoms with van der Waals surface area (Å²) < 4.78 is 0. The zero-order valence-corrected chi connectivity index (χ0v) is 17.0. The molecule has 6 heteroatoms. The van der Waals surface area contributed by atoms with E-state index in [1.54, 1.807) is 47.5 Å². The average molecular weight is 393 g/mol. The second-order valence-corrected chi connectivity index (χ2v) is 7.15. The highest BCUT2D eigenvalue weighted by Gasteiger charge is 2.51. The molecule has 2 unspecified atom stereocenters.